The van der Waals surface area contributed by atoms with Crippen LogP contribution < -0.4 is 10.1 Å². The van der Waals surface area contributed by atoms with Gasteiger partial charge in [0, 0.05) is 31.9 Å². The van der Waals surface area contributed by atoms with Gasteiger partial charge in [-0.25, -0.2) is 8.42 Å². The number of ether oxygens (including phenoxy) is 1. The maximum atomic E-state index is 12.6. The monoisotopic (exact) mass is 411 g/mol. The Morgan fingerprint density at radius 1 is 1.19 bits per heavy atom. The fraction of sp³-hybridized carbons (Fsp3) is 0.353. The van der Waals surface area contributed by atoms with Crippen LogP contribution in [0.25, 0.3) is 0 Å². The van der Waals surface area contributed by atoms with E-state index in [-0.39, 0.29) is 0 Å². The molecular weight excluding hydrogens is 390 g/mol. The number of nitrogens with one attached hydrogen (secondary N) is 1. The highest BCUT2D eigenvalue weighted by atomic mass is 32.2. The zero-order valence-corrected chi connectivity index (χ0v) is 16.9. The summed E-state index contributed by atoms with van der Waals surface area (Å²) in [6, 6.07) is 11.0. The van der Waals surface area contributed by atoms with Gasteiger partial charge in [0.05, 0.1) is 6.61 Å². The van der Waals surface area contributed by atoms with Gasteiger partial charge in [-0.05, 0) is 54.9 Å². The molecule has 0 spiro atoms. The zero-order chi connectivity index (χ0) is 18.6. The molecule has 2 aromatic rings. The molecule has 0 unspecified atom stereocenters. The lowest BCUT2D eigenvalue weighted by Crippen LogP contribution is -2.51. The van der Waals surface area contributed by atoms with Crippen molar-refractivity contribution in [1.29, 1.82) is 0 Å². The van der Waals surface area contributed by atoms with Crippen LogP contribution in [0.15, 0.2) is 46.0 Å². The number of thiophene rings is 1. The molecule has 0 bridgehead atoms. The lowest BCUT2D eigenvalue weighted by Gasteiger charge is -2.35. The molecule has 0 atom stereocenters. The molecule has 140 valence electrons. The van der Waals surface area contributed by atoms with Gasteiger partial charge in [-0.2, -0.15) is 4.31 Å². The second-order valence-corrected chi connectivity index (χ2v) is 9.21. The van der Waals surface area contributed by atoms with Crippen molar-refractivity contribution in [3.63, 3.8) is 0 Å². The van der Waals surface area contributed by atoms with Gasteiger partial charge in [0.15, 0.2) is 5.11 Å². The van der Waals surface area contributed by atoms with E-state index >= 15 is 0 Å². The van der Waals surface area contributed by atoms with Crippen LogP contribution in [0.5, 0.6) is 5.75 Å². The molecule has 1 saturated heterocycles. The Bertz CT molecular complexity index is 828. The Labute approximate surface area is 163 Å². The first-order valence-corrected chi connectivity index (χ1v) is 11.1. The molecule has 1 aliphatic heterocycles. The number of hydrogen-bond donors (Lipinski definition) is 1. The number of sulfonamides is 1. The molecule has 0 saturated carbocycles. The van der Waals surface area contributed by atoms with Gasteiger partial charge in [-0.1, -0.05) is 6.07 Å². The fourth-order valence-corrected chi connectivity index (χ4v) is 5.54. The fourth-order valence-electron chi connectivity index (χ4n) is 2.67. The van der Waals surface area contributed by atoms with E-state index in [0.717, 1.165) is 11.4 Å². The zero-order valence-electron chi connectivity index (χ0n) is 14.4. The van der Waals surface area contributed by atoms with E-state index < -0.39 is 10.0 Å². The highest BCUT2D eigenvalue weighted by Gasteiger charge is 2.29. The highest BCUT2D eigenvalue weighted by molar-refractivity contribution is 7.91. The van der Waals surface area contributed by atoms with Crippen LogP contribution in [0.4, 0.5) is 5.69 Å². The number of benzene rings is 1. The maximum Gasteiger partial charge on any atom is 0.252 e. The predicted molar refractivity (Wildman–Crippen MR) is 108 cm³/mol. The summed E-state index contributed by atoms with van der Waals surface area (Å²) in [7, 11) is -3.39. The van der Waals surface area contributed by atoms with Crippen LogP contribution in [-0.2, 0) is 10.0 Å². The number of rotatable bonds is 5. The minimum absolute atomic E-state index is 0.390. The molecule has 6 nitrogen and oxygen atoms in total. The van der Waals surface area contributed by atoms with E-state index in [1.807, 2.05) is 36.1 Å². The summed E-state index contributed by atoms with van der Waals surface area (Å²) >= 11 is 6.71. The molecule has 0 radical (unpaired) electrons. The molecule has 26 heavy (non-hydrogen) atoms. The van der Waals surface area contributed by atoms with Crippen molar-refractivity contribution in [1.82, 2.24) is 9.21 Å². The van der Waals surface area contributed by atoms with E-state index in [2.05, 4.69) is 5.32 Å². The van der Waals surface area contributed by atoms with E-state index in [1.54, 1.807) is 17.5 Å². The Morgan fingerprint density at radius 2 is 1.88 bits per heavy atom. The lowest BCUT2D eigenvalue weighted by molar-refractivity contribution is 0.269. The highest BCUT2D eigenvalue weighted by Crippen LogP contribution is 2.22. The summed E-state index contributed by atoms with van der Waals surface area (Å²) in [5.74, 6) is 0.816. The van der Waals surface area contributed by atoms with Gasteiger partial charge in [-0.15, -0.1) is 11.3 Å². The van der Waals surface area contributed by atoms with Gasteiger partial charge in [0.2, 0.25) is 0 Å². The molecular formula is C17H21N3O3S3. The normalized spacial score (nSPS) is 15.7. The SMILES string of the molecule is CCOc1ccc(NC(=S)N2CCN(S(=O)(=O)c3cccs3)CC2)cc1. The Balaban J connectivity index is 1.55. The van der Waals surface area contributed by atoms with E-state index in [1.165, 1.54) is 15.6 Å². The Morgan fingerprint density at radius 3 is 2.46 bits per heavy atom. The second-order valence-electron chi connectivity index (χ2n) is 5.71. The third-order valence-electron chi connectivity index (χ3n) is 4.03. The van der Waals surface area contributed by atoms with Crippen molar-refractivity contribution in [2.45, 2.75) is 11.1 Å². The van der Waals surface area contributed by atoms with Gasteiger partial charge < -0.3 is 15.0 Å². The first kappa shape index (κ1) is 19.1. The number of thiocarbonyl (C=S) groups is 1. The van der Waals surface area contributed by atoms with Crippen molar-refractivity contribution in [2.24, 2.45) is 0 Å². The predicted octanol–water partition coefficient (Wildman–Crippen LogP) is 2.85. The molecule has 3 rings (SSSR count). The van der Waals surface area contributed by atoms with Crippen LogP contribution in [-0.4, -0.2) is 55.5 Å². The molecule has 1 fully saturated rings. The molecule has 2 heterocycles. The summed E-state index contributed by atoms with van der Waals surface area (Å²) in [4.78, 5) is 1.99. The smallest absolute Gasteiger partial charge is 0.252 e. The number of hydrogen-bond acceptors (Lipinski definition) is 5. The second kappa shape index (κ2) is 8.34. The molecule has 1 aliphatic rings. The first-order valence-electron chi connectivity index (χ1n) is 8.33. The van der Waals surface area contributed by atoms with Crippen LogP contribution in [0.2, 0.25) is 0 Å². The van der Waals surface area contributed by atoms with Crippen LogP contribution >= 0.6 is 23.6 Å². The van der Waals surface area contributed by atoms with Gasteiger partial charge in [0.1, 0.15) is 9.96 Å². The third kappa shape index (κ3) is 4.35. The number of anilines is 1. The Kier molecular flexibility index (Phi) is 6.13. The van der Waals surface area contributed by atoms with Gasteiger partial charge in [-0.3, -0.25) is 0 Å². The van der Waals surface area contributed by atoms with Crippen molar-refractivity contribution in [3.8, 4) is 5.75 Å². The molecule has 0 aliphatic carbocycles. The largest absolute Gasteiger partial charge is 0.494 e. The quantitative estimate of drug-likeness (QED) is 0.764. The molecule has 9 heteroatoms. The summed E-state index contributed by atoms with van der Waals surface area (Å²) < 4.78 is 32.5. The maximum absolute atomic E-state index is 12.6. The topological polar surface area (TPSA) is 61.9 Å². The standard InChI is InChI=1S/C17H21N3O3S3/c1-2-23-15-7-5-14(6-8-15)18-17(24)19-9-11-20(12-10-19)26(21,22)16-4-3-13-25-16/h3-8,13H,2,9-12H2,1H3,(H,18,24). The molecule has 0 amide bonds. The summed E-state index contributed by atoms with van der Waals surface area (Å²) in [5, 5.41) is 5.57. The van der Waals surface area contributed by atoms with Crippen LogP contribution in [0.1, 0.15) is 6.92 Å². The first-order chi connectivity index (χ1) is 12.5. The minimum Gasteiger partial charge on any atom is -0.494 e. The van der Waals surface area contributed by atoms with Crippen LogP contribution in [0.3, 0.4) is 0 Å². The summed E-state index contributed by atoms with van der Waals surface area (Å²) in [6.45, 7) is 4.54. The number of piperazine rings is 1. The third-order valence-corrected chi connectivity index (χ3v) is 7.66. The van der Waals surface area contributed by atoms with E-state index in [0.29, 0.717) is 42.1 Å². The van der Waals surface area contributed by atoms with Gasteiger partial charge >= 0.3 is 0 Å². The lowest BCUT2D eigenvalue weighted by atomic mass is 10.3. The molecule has 1 N–H and O–H groups in total. The van der Waals surface area contributed by atoms with Gasteiger partial charge in [0.25, 0.3) is 10.0 Å². The Hall–Kier alpha value is -1.68. The average Bonchev–Trinajstić information content (AvgIpc) is 3.19. The molecule has 1 aromatic carbocycles. The van der Waals surface area contributed by atoms with Crippen molar-refractivity contribution in [3.05, 3.63) is 41.8 Å². The minimum atomic E-state index is -3.39. The van der Waals surface area contributed by atoms with Crippen molar-refractivity contribution >= 4 is 44.4 Å². The van der Waals surface area contributed by atoms with Crippen LogP contribution in [0, 0.1) is 0 Å². The van der Waals surface area contributed by atoms with Crippen molar-refractivity contribution in [2.75, 3.05) is 38.1 Å². The average molecular weight is 412 g/mol. The molecule has 1 aromatic heterocycles. The number of nitrogens with zero attached hydrogens (tertiary/aromatic N) is 2. The van der Waals surface area contributed by atoms with Crippen molar-refractivity contribution < 1.29 is 13.2 Å². The van der Waals surface area contributed by atoms with E-state index in [9.17, 15) is 8.42 Å². The summed E-state index contributed by atoms with van der Waals surface area (Å²) in [5.41, 5.74) is 0.882. The summed E-state index contributed by atoms with van der Waals surface area (Å²) in [6.07, 6.45) is 0. The van der Waals surface area contributed by atoms with E-state index in [4.69, 9.17) is 17.0 Å².